The molecule has 1 aliphatic carbocycles. The molecule has 0 aromatic carbocycles. The third-order valence-corrected chi connectivity index (χ3v) is 4.75. The van der Waals surface area contributed by atoms with Crippen LogP contribution < -0.4 is 15.4 Å². The van der Waals surface area contributed by atoms with E-state index in [1.54, 1.807) is 0 Å². The highest BCUT2D eigenvalue weighted by atomic mass is 32.2. The van der Waals surface area contributed by atoms with Crippen molar-refractivity contribution in [3.63, 3.8) is 0 Å². The van der Waals surface area contributed by atoms with Crippen molar-refractivity contribution in [1.82, 2.24) is 20.3 Å². The van der Waals surface area contributed by atoms with Crippen molar-refractivity contribution < 1.29 is 8.42 Å². The van der Waals surface area contributed by atoms with Gasteiger partial charge in [0.1, 0.15) is 0 Å². The van der Waals surface area contributed by atoms with Crippen LogP contribution in [0.25, 0.3) is 0 Å². The normalized spacial score (nSPS) is 21.8. The Hall–Kier alpha value is -0.860. The lowest BCUT2D eigenvalue weighted by atomic mass is 10.1. The maximum Gasteiger partial charge on any atom is 0.208 e. The SMILES string of the molecule is CCNC(=NCCNS(C)(=O)=O)NC1CCN(C2CC2)CC1. The molecular weight excluding hydrogens is 302 g/mol. The Morgan fingerprint density at radius 1 is 1.23 bits per heavy atom. The highest BCUT2D eigenvalue weighted by Gasteiger charge is 2.31. The van der Waals surface area contributed by atoms with Gasteiger partial charge >= 0.3 is 0 Å². The summed E-state index contributed by atoms with van der Waals surface area (Å²) in [6, 6.07) is 1.31. The second-order valence-corrected chi connectivity index (χ2v) is 7.95. The molecule has 22 heavy (non-hydrogen) atoms. The van der Waals surface area contributed by atoms with Gasteiger partial charge in [0.2, 0.25) is 10.0 Å². The van der Waals surface area contributed by atoms with Crippen LogP contribution in [0, 0.1) is 0 Å². The van der Waals surface area contributed by atoms with Gasteiger partial charge in [-0.15, -0.1) is 0 Å². The van der Waals surface area contributed by atoms with E-state index < -0.39 is 10.0 Å². The average molecular weight is 331 g/mol. The lowest BCUT2D eigenvalue weighted by molar-refractivity contribution is 0.197. The van der Waals surface area contributed by atoms with Crippen molar-refractivity contribution in [2.45, 2.75) is 44.7 Å². The zero-order chi connectivity index (χ0) is 16.0. The predicted molar refractivity (Wildman–Crippen MR) is 89.6 cm³/mol. The van der Waals surface area contributed by atoms with Gasteiger partial charge in [-0.2, -0.15) is 0 Å². The molecule has 1 heterocycles. The molecule has 2 aliphatic rings. The Kier molecular flexibility index (Phi) is 6.46. The summed E-state index contributed by atoms with van der Waals surface area (Å²) in [4.78, 5) is 7.03. The molecule has 1 aliphatic heterocycles. The minimum Gasteiger partial charge on any atom is -0.357 e. The summed E-state index contributed by atoms with van der Waals surface area (Å²) >= 11 is 0. The first-order valence-corrected chi connectivity index (χ1v) is 10.1. The molecule has 0 aromatic rings. The van der Waals surface area contributed by atoms with Gasteiger partial charge in [-0.3, -0.25) is 4.99 Å². The van der Waals surface area contributed by atoms with E-state index >= 15 is 0 Å². The third-order valence-electron chi connectivity index (χ3n) is 4.02. The number of sulfonamides is 1. The van der Waals surface area contributed by atoms with Crippen LogP contribution in [0.2, 0.25) is 0 Å². The summed E-state index contributed by atoms with van der Waals surface area (Å²) < 4.78 is 24.5. The Morgan fingerprint density at radius 3 is 2.45 bits per heavy atom. The number of nitrogens with zero attached hydrogens (tertiary/aromatic N) is 2. The highest BCUT2D eigenvalue weighted by molar-refractivity contribution is 7.88. The molecule has 0 radical (unpaired) electrons. The number of guanidine groups is 1. The molecular formula is C14H29N5O2S. The van der Waals surface area contributed by atoms with Crippen molar-refractivity contribution in [3.05, 3.63) is 0 Å². The van der Waals surface area contributed by atoms with E-state index in [-0.39, 0.29) is 0 Å². The quantitative estimate of drug-likeness (QED) is 0.339. The summed E-state index contributed by atoms with van der Waals surface area (Å²) in [5.74, 6) is 0.780. The number of rotatable bonds is 7. The number of hydrogen-bond acceptors (Lipinski definition) is 4. The molecule has 128 valence electrons. The van der Waals surface area contributed by atoms with Crippen molar-refractivity contribution in [2.24, 2.45) is 4.99 Å². The fourth-order valence-electron chi connectivity index (χ4n) is 2.76. The molecule has 0 unspecified atom stereocenters. The molecule has 2 rings (SSSR count). The van der Waals surface area contributed by atoms with Crippen LogP contribution >= 0.6 is 0 Å². The van der Waals surface area contributed by atoms with Gasteiger partial charge in [0.05, 0.1) is 12.8 Å². The Bertz CT molecular complexity index is 468. The summed E-state index contributed by atoms with van der Waals surface area (Å²) in [6.45, 7) is 5.92. The first-order chi connectivity index (χ1) is 10.5. The van der Waals surface area contributed by atoms with Gasteiger partial charge in [0, 0.05) is 38.3 Å². The average Bonchev–Trinajstić information content (AvgIpc) is 3.28. The monoisotopic (exact) mass is 331 g/mol. The molecule has 8 heteroatoms. The number of nitrogens with one attached hydrogen (secondary N) is 3. The fraction of sp³-hybridized carbons (Fsp3) is 0.929. The predicted octanol–water partition coefficient (Wildman–Crippen LogP) is -0.282. The molecule has 2 fully saturated rings. The Balaban J connectivity index is 1.73. The lowest BCUT2D eigenvalue weighted by Crippen LogP contribution is -2.49. The van der Waals surface area contributed by atoms with Gasteiger partial charge < -0.3 is 15.5 Å². The van der Waals surface area contributed by atoms with Crippen LogP contribution in [0.1, 0.15) is 32.6 Å². The van der Waals surface area contributed by atoms with E-state index in [4.69, 9.17) is 0 Å². The molecule has 0 bridgehead atoms. The number of hydrogen-bond donors (Lipinski definition) is 3. The minimum absolute atomic E-state index is 0.329. The number of likely N-dealkylation sites (tertiary alicyclic amines) is 1. The van der Waals surface area contributed by atoms with E-state index in [0.717, 1.165) is 50.7 Å². The minimum atomic E-state index is -3.14. The smallest absolute Gasteiger partial charge is 0.208 e. The second kappa shape index (κ2) is 8.12. The van der Waals surface area contributed by atoms with Gasteiger partial charge in [-0.05, 0) is 32.6 Å². The summed E-state index contributed by atoms with van der Waals surface area (Å²) in [7, 11) is -3.14. The maximum atomic E-state index is 11.0. The van der Waals surface area contributed by atoms with Crippen LogP contribution in [0.4, 0.5) is 0 Å². The molecule has 1 saturated carbocycles. The Labute approximate surface area is 134 Å². The standard InChI is InChI=1S/C14H29N5O2S/c1-3-15-14(16-8-9-17-22(2,20)21)18-12-6-10-19(11-7-12)13-4-5-13/h12-13,17H,3-11H2,1-2H3,(H2,15,16,18). The van der Waals surface area contributed by atoms with E-state index in [1.807, 2.05) is 6.92 Å². The molecule has 3 N–H and O–H groups in total. The van der Waals surface area contributed by atoms with Crippen LogP contribution in [-0.4, -0.2) is 70.3 Å². The molecule has 0 spiro atoms. The van der Waals surface area contributed by atoms with Crippen LogP contribution in [0.5, 0.6) is 0 Å². The van der Waals surface area contributed by atoms with E-state index in [1.165, 1.54) is 12.8 Å². The van der Waals surface area contributed by atoms with Crippen LogP contribution in [-0.2, 0) is 10.0 Å². The van der Waals surface area contributed by atoms with Crippen molar-refractivity contribution in [1.29, 1.82) is 0 Å². The van der Waals surface area contributed by atoms with Gasteiger partial charge in [0.15, 0.2) is 5.96 Å². The number of piperidine rings is 1. The molecule has 1 saturated heterocycles. The fourth-order valence-corrected chi connectivity index (χ4v) is 3.22. The Morgan fingerprint density at radius 2 is 1.91 bits per heavy atom. The lowest BCUT2D eigenvalue weighted by Gasteiger charge is -2.33. The highest BCUT2D eigenvalue weighted by Crippen LogP contribution is 2.29. The van der Waals surface area contributed by atoms with E-state index in [9.17, 15) is 8.42 Å². The molecule has 0 aromatic heterocycles. The van der Waals surface area contributed by atoms with Crippen LogP contribution in [0.15, 0.2) is 4.99 Å². The first-order valence-electron chi connectivity index (χ1n) is 8.21. The number of aliphatic imine (C=N–C) groups is 1. The zero-order valence-corrected chi connectivity index (χ0v) is 14.5. The zero-order valence-electron chi connectivity index (χ0n) is 13.6. The van der Waals surface area contributed by atoms with E-state index in [0.29, 0.717) is 19.1 Å². The molecule has 0 amide bonds. The van der Waals surface area contributed by atoms with Crippen molar-refractivity contribution in [2.75, 3.05) is 39.0 Å². The van der Waals surface area contributed by atoms with Crippen molar-refractivity contribution >= 4 is 16.0 Å². The maximum absolute atomic E-state index is 11.0. The summed E-state index contributed by atoms with van der Waals surface area (Å²) in [6.07, 6.45) is 6.18. The van der Waals surface area contributed by atoms with Gasteiger partial charge in [0.25, 0.3) is 0 Å². The van der Waals surface area contributed by atoms with Gasteiger partial charge in [-0.1, -0.05) is 0 Å². The summed E-state index contributed by atoms with van der Waals surface area (Å²) in [5, 5.41) is 6.69. The van der Waals surface area contributed by atoms with Gasteiger partial charge in [-0.25, -0.2) is 13.1 Å². The third kappa shape index (κ3) is 6.50. The van der Waals surface area contributed by atoms with E-state index in [2.05, 4.69) is 25.2 Å². The first kappa shape index (κ1) is 17.5. The molecule has 0 atom stereocenters. The van der Waals surface area contributed by atoms with Crippen molar-refractivity contribution in [3.8, 4) is 0 Å². The van der Waals surface area contributed by atoms with Crippen LogP contribution in [0.3, 0.4) is 0 Å². The largest absolute Gasteiger partial charge is 0.357 e. The topological polar surface area (TPSA) is 85.8 Å². The molecule has 7 nitrogen and oxygen atoms in total. The summed E-state index contributed by atoms with van der Waals surface area (Å²) in [5.41, 5.74) is 0. The second-order valence-electron chi connectivity index (χ2n) is 6.11.